The molecule has 0 bridgehead atoms. The van der Waals surface area contributed by atoms with Crippen molar-refractivity contribution in [1.82, 2.24) is 4.57 Å². The molecule has 1 heterocycles. The van der Waals surface area contributed by atoms with Gasteiger partial charge in [-0.15, -0.1) is 0 Å². The first-order valence-electron chi connectivity index (χ1n) is 11.0. The number of fused-ring (bicyclic) bond motifs is 1. The van der Waals surface area contributed by atoms with Crippen LogP contribution < -0.4 is 4.90 Å². The lowest BCUT2D eigenvalue weighted by molar-refractivity contribution is -0.137. The molecule has 0 aliphatic carbocycles. The van der Waals surface area contributed by atoms with E-state index in [-0.39, 0.29) is 24.5 Å². The van der Waals surface area contributed by atoms with Gasteiger partial charge in [-0.25, -0.2) is 4.39 Å². The van der Waals surface area contributed by atoms with Gasteiger partial charge in [-0.2, -0.15) is 5.26 Å². The van der Waals surface area contributed by atoms with E-state index in [4.69, 9.17) is 0 Å². The van der Waals surface area contributed by atoms with Gasteiger partial charge in [0.15, 0.2) is 0 Å². The van der Waals surface area contributed by atoms with Gasteiger partial charge in [0.2, 0.25) is 0 Å². The van der Waals surface area contributed by atoms with E-state index in [1.54, 1.807) is 47.2 Å². The van der Waals surface area contributed by atoms with Gasteiger partial charge in [0.25, 0.3) is 5.91 Å². The predicted octanol–water partition coefficient (Wildman–Crippen LogP) is 5.05. The molecule has 0 aliphatic rings. The van der Waals surface area contributed by atoms with Crippen molar-refractivity contribution >= 4 is 34.5 Å². The Bertz CT molecular complexity index is 1430. The van der Waals surface area contributed by atoms with Gasteiger partial charge < -0.3 is 14.6 Å². The number of anilines is 1. The molecule has 0 atom stereocenters. The maximum Gasteiger partial charge on any atom is 0.323 e. The van der Waals surface area contributed by atoms with Crippen molar-refractivity contribution in [3.63, 3.8) is 0 Å². The highest BCUT2D eigenvalue weighted by molar-refractivity contribution is 6.12. The van der Waals surface area contributed by atoms with Crippen molar-refractivity contribution in [3.8, 4) is 6.07 Å². The van der Waals surface area contributed by atoms with Crippen molar-refractivity contribution in [2.45, 2.75) is 13.0 Å². The number of carbonyl (C=O) groups is 2. The summed E-state index contributed by atoms with van der Waals surface area (Å²) in [6.07, 6.45) is 3.60. The Morgan fingerprint density at radius 3 is 2.37 bits per heavy atom. The Morgan fingerprint density at radius 1 is 1.00 bits per heavy atom. The van der Waals surface area contributed by atoms with Crippen LogP contribution >= 0.6 is 0 Å². The minimum Gasteiger partial charge on any atom is -0.480 e. The maximum absolute atomic E-state index is 13.5. The molecule has 0 radical (unpaired) electrons. The second-order valence-electron chi connectivity index (χ2n) is 7.96. The number of carboxylic acids is 1. The first-order valence-corrected chi connectivity index (χ1v) is 11.0. The van der Waals surface area contributed by atoms with Gasteiger partial charge in [-0.05, 0) is 48.4 Å². The van der Waals surface area contributed by atoms with Gasteiger partial charge in [-0.1, -0.05) is 48.5 Å². The SMILES string of the molecule is N#C/C(=C\c1cn(CC(=O)O)c2ccccc12)C(=O)N(CCc1ccc(F)cc1)c1ccccc1. The molecule has 1 amide bonds. The normalized spacial score (nSPS) is 11.3. The molecule has 0 unspecified atom stereocenters. The summed E-state index contributed by atoms with van der Waals surface area (Å²) in [6.45, 7) is 0.0479. The highest BCUT2D eigenvalue weighted by Gasteiger charge is 2.21. The number of hydrogen-bond donors (Lipinski definition) is 1. The van der Waals surface area contributed by atoms with Crippen LogP contribution in [0, 0.1) is 17.1 Å². The van der Waals surface area contributed by atoms with Gasteiger partial charge in [0, 0.05) is 34.9 Å². The third-order valence-corrected chi connectivity index (χ3v) is 5.63. The smallest absolute Gasteiger partial charge is 0.323 e. The summed E-state index contributed by atoms with van der Waals surface area (Å²) < 4.78 is 14.9. The zero-order valence-electron chi connectivity index (χ0n) is 18.8. The molecule has 6 nitrogen and oxygen atoms in total. The van der Waals surface area contributed by atoms with Crippen LogP contribution in [0.5, 0.6) is 0 Å². The Balaban J connectivity index is 1.69. The summed E-state index contributed by atoms with van der Waals surface area (Å²) >= 11 is 0. The molecule has 0 aliphatic heterocycles. The lowest BCUT2D eigenvalue weighted by Gasteiger charge is -2.22. The van der Waals surface area contributed by atoms with Crippen LogP contribution in [0.4, 0.5) is 10.1 Å². The molecule has 0 saturated carbocycles. The first kappa shape index (κ1) is 23.5. The second kappa shape index (κ2) is 10.5. The van der Waals surface area contributed by atoms with Crippen molar-refractivity contribution < 1.29 is 19.1 Å². The van der Waals surface area contributed by atoms with Crippen LogP contribution in [0.1, 0.15) is 11.1 Å². The summed E-state index contributed by atoms with van der Waals surface area (Å²) in [5.41, 5.74) is 2.69. The predicted molar refractivity (Wildman–Crippen MR) is 132 cm³/mol. The molecule has 3 aromatic carbocycles. The fourth-order valence-corrected chi connectivity index (χ4v) is 3.96. The number of aromatic nitrogens is 1. The van der Waals surface area contributed by atoms with Crippen LogP contribution in [0.15, 0.2) is 90.6 Å². The maximum atomic E-state index is 13.5. The summed E-state index contributed by atoms with van der Waals surface area (Å²) in [4.78, 5) is 26.4. The molecule has 174 valence electrons. The summed E-state index contributed by atoms with van der Waals surface area (Å²) in [6, 6.07) is 24.4. The van der Waals surface area contributed by atoms with E-state index in [2.05, 4.69) is 0 Å². The molecule has 1 N–H and O–H groups in total. The molecule has 0 saturated heterocycles. The van der Waals surface area contributed by atoms with E-state index in [0.29, 0.717) is 23.2 Å². The number of rotatable bonds is 8. The number of nitrogens with zero attached hydrogens (tertiary/aromatic N) is 3. The van der Waals surface area contributed by atoms with Crippen molar-refractivity contribution in [2.24, 2.45) is 0 Å². The van der Waals surface area contributed by atoms with E-state index in [9.17, 15) is 24.3 Å². The highest BCUT2D eigenvalue weighted by atomic mass is 19.1. The fourth-order valence-electron chi connectivity index (χ4n) is 3.96. The largest absolute Gasteiger partial charge is 0.480 e. The topological polar surface area (TPSA) is 86.3 Å². The Kier molecular flexibility index (Phi) is 7.03. The van der Waals surface area contributed by atoms with Gasteiger partial charge in [-0.3, -0.25) is 9.59 Å². The van der Waals surface area contributed by atoms with E-state index < -0.39 is 11.9 Å². The lowest BCUT2D eigenvalue weighted by Crippen LogP contribution is -2.33. The zero-order chi connectivity index (χ0) is 24.8. The number of benzene rings is 3. The number of amides is 1. The van der Waals surface area contributed by atoms with Gasteiger partial charge >= 0.3 is 5.97 Å². The van der Waals surface area contributed by atoms with Crippen LogP contribution in [0.25, 0.3) is 17.0 Å². The second-order valence-corrected chi connectivity index (χ2v) is 7.96. The van der Waals surface area contributed by atoms with E-state index in [1.165, 1.54) is 23.1 Å². The van der Waals surface area contributed by atoms with Crippen LogP contribution in [-0.2, 0) is 22.6 Å². The number of carbonyl (C=O) groups excluding carboxylic acids is 1. The van der Waals surface area contributed by atoms with E-state index >= 15 is 0 Å². The molecule has 4 aromatic rings. The minimum atomic E-state index is -0.992. The third kappa shape index (κ3) is 5.45. The van der Waals surface area contributed by atoms with Crippen LogP contribution in [0.2, 0.25) is 0 Å². The number of nitriles is 1. The van der Waals surface area contributed by atoms with Crippen molar-refractivity contribution in [1.29, 1.82) is 5.26 Å². The Labute approximate surface area is 201 Å². The molecule has 0 fully saturated rings. The summed E-state index contributed by atoms with van der Waals surface area (Å²) in [7, 11) is 0. The quantitative estimate of drug-likeness (QED) is 0.290. The number of aliphatic carboxylic acids is 1. The first-order chi connectivity index (χ1) is 17.0. The number of halogens is 1. The Hall–Kier alpha value is -4.70. The van der Waals surface area contributed by atoms with E-state index in [1.807, 2.05) is 36.4 Å². The molecule has 0 spiro atoms. The van der Waals surface area contributed by atoms with Gasteiger partial charge in [0.05, 0.1) is 0 Å². The summed E-state index contributed by atoms with van der Waals surface area (Å²) in [5, 5.41) is 19.9. The molecule has 7 heteroatoms. The molecule has 1 aromatic heterocycles. The average Bonchev–Trinajstić information content (AvgIpc) is 3.20. The lowest BCUT2D eigenvalue weighted by atomic mass is 10.1. The third-order valence-electron chi connectivity index (χ3n) is 5.63. The summed E-state index contributed by atoms with van der Waals surface area (Å²) in [5.74, 6) is -1.80. The number of hydrogen-bond acceptors (Lipinski definition) is 3. The molecule has 4 rings (SSSR count). The molecule has 35 heavy (non-hydrogen) atoms. The van der Waals surface area contributed by atoms with E-state index in [0.717, 1.165) is 10.9 Å². The highest BCUT2D eigenvalue weighted by Crippen LogP contribution is 2.25. The Morgan fingerprint density at radius 2 is 1.69 bits per heavy atom. The fraction of sp³-hybridized carbons (Fsp3) is 0.107. The van der Waals surface area contributed by atoms with Crippen molar-refractivity contribution in [3.05, 3.63) is 108 Å². The number of carboxylic acid groups (broad SMARTS) is 1. The minimum absolute atomic E-state index is 0.0776. The monoisotopic (exact) mass is 467 g/mol. The van der Waals surface area contributed by atoms with Gasteiger partial charge in [0.1, 0.15) is 24.0 Å². The molecular weight excluding hydrogens is 445 g/mol. The molecular formula is C28H22FN3O3. The van der Waals surface area contributed by atoms with Crippen molar-refractivity contribution in [2.75, 3.05) is 11.4 Å². The average molecular weight is 468 g/mol. The van der Waals surface area contributed by atoms with Crippen LogP contribution in [0.3, 0.4) is 0 Å². The standard InChI is InChI=1S/C28H22FN3O3/c29-23-12-10-20(11-13-23)14-15-32(24-6-2-1-3-7-24)28(35)21(17-30)16-22-18-31(19-27(33)34)26-9-5-4-8-25(22)26/h1-13,16,18H,14-15,19H2,(H,33,34)/b21-16+. The number of para-hydroxylation sites is 2. The van der Waals surface area contributed by atoms with Crippen LogP contribution in [-0.4, -0.2) is 28.1 Å². The zero-order valence-corrected chi connectivity index (χ0v) is 18.8.